The standard InChI is InChI=1S/C10H15NOS/c1-12-7-10(11)8-4-3-5-9(6-8)13-2/h3-6,10H,7,11H2,1-2H3/t10-/m0/s1. The Bertz CT molecular complexity index is 265. The Morgan fingerprint density at radius 3 is 2.92 bits per heavy atom. The molecule has 13 heavy (non-hydrogen) atoms. The van der Waals surface area contributed by atoms with Gasteiger partial charge in [-0.2, -0.15) is 0 Å². The first-order valence-corrected chi connectivity index (χ1v) is 5.39. The molecule has 0 spiro atoms. The molecule has 0 saturated heterocycles. The van der Waals surface area contributed by atoms with Crippen LogP contribution in [-0.4, -0.2) is 20.0 Å². The smallest absolute Gasteiger partial charge is 0.0655 e. The molecule has 0 heterocycles. The van der Waals surface area contributed by atoms with E-state index in [1.165, 1.54) is 4.90 Å². The predicted molar refractivity (Wildman–Crippen MR) is 57.0 cm³/mol. The first kappa shape index (κ1) is 10.6. The highest BCUT2D eigenvalue weighted by atomic mass is 32.2. The summed E-state index contributed by atoms with van der Waals surface area (Å²) in [4.78, 5) is 1.24. The van der Waals surface area contributed by atoms with E-state index in [9.17, 15) is 0 Å². The fourth-order valence-electron chi connectivity index (χ4n) is 1.15. The third-order valence-electron chi connectivity index (χ3n) is 1.87. The zero-order chi connectivity index (χ0) is 9.68. The summed E-state index contributed by atoms with van der Waals surface area (Å²) in [6.07, 6.45) is 2.06. The molecule has 1 aromatic carbocycles. The topological polar surface area (TPSA) is 35.2 Å². The summed E-state index contributed by atoms with van der Waals surface area (Å²) in [5, 5.41) is 0. The van der Waals surface area contributed by atoms with Crippen LogP contribution in [0.1, 0.15) is 11.6 Å². The van der Waals surface area contributed by atoms with Crippen LogP contribution in [0.15, 0.2) is 29.2 Å². The molecular weight excluding hydrogens is 182 g/mol. The highest BCUT2D eigenvalue weighted by Crippen LogP contribution is 2.19. The van der Waals surface area contributed by atoms with E-state index < -0.39 is 0 Å². The number of thioether (sulfide) groups is 1. The molecule has 1 rings (SSSR count). The maximum Gasteiger partial charge on any atom is 0.0655 e. The molecule has 0 aliphatic rings. The molecule has 0 amide bonds. The highest BCUT2D eigenvalue weighted by Gasteiger charge is 2.04. The molecule has 0 aliphatic heterocycles. The van der Waals surface area contributed by atoms with Crippen molar-refractivity contribution in [3.63, 3.8) is 0 Å². The second-order valence-electron chi connectivity index (χ2n) is 2.84. The lowest BCUT2D eigenvalue weighted by Crippen LogP contribution is -2.15. The van der Waals surface area contributed by atoms with Gasteiger partial charge in [-0.3, -0.25) is 0 Å². The van der Waals surface area contributed by atoms with E-state index in [1.54, 1.807) is 18.9 Å². The molecular formula is C10H15NOS. The van der Waals surface area contributed by atoms with Crippen molar-refractivity contribution in [3.05, 3.63) is 29.8 Å². The Morgan fingerprint density at radius 1 is 1.54 bits per heavy atom. The Balaban J connectivity index is 2.75. The minimum atomic E-state index is -0.0166. The van der Waals surface area contributed by atoms with Gasteiger partial charge in [-0.1, -0.05) is 12.1 Å². The summed E-state index contributed by atoms with van der Waals surface area (Å²) in [5.41, 5.74) is 7.03. The number of benzene rings is 1. The predicted octanol–water partition coefficient (Wildman–Crippen LogP) is 2.05. The van der Waals surface area contributed by atoms with Gasteiger partial charge in [0.2, 0.25) is 0 Å². The fraction of sp³-hybridized carbons (Fsp3) is 0.400. The first-order chi connectivity index (χ1) is 6.27. The lowest BCUT2D eigenvalue weighted by molar-refractivity contribution is 0.181. The molecule has 0 radical (unpaired) electrons. The maximum absolute atomic E-state index is 5.89. The van der Waals surface area contributed by atoms with Gasteiger partial charge in [-0.25, -0.2) is 0 Å². The van der Waals surface area contributed by atoms with E-state index in [0.717, 1.165) is 5.56 Å². The van der Waals surface area contributed by atoms with E-state index in [2.05, 4.69) is 18.4 Å². The zero-order valence-corrected chi connectivity index (χ0v) is 8.80. The van der Waals surface area contributed by atoms with Gasteiger partial charge in [0.1, 0.15) is 0 Å². The third kappa shape index (κ3) is 3.03. The number of ether oxygens (including phenoxy) is 1. The zero-order valence-electron chi connectivity index (χ0n) is 7.99. The molecule has 2 N–H and O–H groups in total. The average molecular weight is 197 g/mol. The average Bonchev–Trinajstić information content (AvgIpc) is 2.18. The van der Waals surface area contributed by atoms with Crippen molar-refractivity contribution in [2.24, 2.45) is 5.73 Å². The van der Waals surface area contributed by atoms with Gasteiger partial charge in [-0.05, 0) is 24.0 Å². The SMILES string of the molecule is COC[C@H](N)c1cccc(SC)c1. The van der Waals surface area contributed by atoms with Gasteiger partial charge in [0.15, 0.2) is 0 Å². The molecule has 0 saturated carbocycles. The summed E-state index contributed by atoms with van der Waals surface area (Å²) in [5.74, 6) is 0. The number of nitrogens with two attached hydrogens (primary N) is 1. The van der Waals surface area contributed by atoms with Crippen molar-refractivity contribution in [1.29, 1.82) is 0 Å². The molecule has 2 nitrogen and oxygen atoms in total. The lowest BCUT2D eigenvalue weighted by Gasteiger charge is -2.11. The Labute approximate surface area is 83.5 Å². The van der Waals surface area contributed by atoms with Crippen LogP contribution in [0.4, 0.5) is 0 Å². The molecule has 0 aromatic heterocycles. The summed E-state index contributed by atoms with van der Waals surface area (Å²) >= 11 is 1.72. The summed E-state index contributed by atoms with van der Waals surface area (Å²) < 4.78 is 5.00. The van der Waals surface area contributed by atoms with Crippen LogP contribution in [0.2, 0.25) is 0 Å². The van der Waals surface area contributed by atoms with E-state index >= 15 is 0 Å². The minimum Gasteiger partial charge on any atom is -0.383 e. The van der Waals surface area contributed by atoms with Crippen molar-refractivity contribution in [1.82, 2.24) is 0 Å². The van der Waals surface area contributed by atoms with E-state index in [0.29, 0.717) is 6.61 Å². The van der Waals surface area contributed by atoms with E-state index in [1.807, 2.05) is 12.1 Å². The van der Waals surface area contributed by atoms with Gasteiger partial charge in [-0.15, -0.1) is 11.8 Å². The van der Waals surface area contributed by atoms with Crippen LogP contribution in [-0.2, 0) is 4.74 Å². The van der Waals surface area contributed by atoms with Crippen molar-refractivity contribution in [2.45, 2.75) is 10.9 Å². The normalized spacial score (nSPS) is 12.8. The van der Waals surface area contributed by atoms with Crippen molar-refractivity contribution < 1.29 is 4.74 Å². The number of methoxy groups -OCH3 is 1. The van der Waals surface area contributed by atoms with Crippen molar-refractivity contribution >= 4 is 11.8 Å². The molecule has 1 atom stereocenters. The molecule has 1 aromatic rings. The van der Waals surface area contributed by atoms with Crippen molar-refractivity contribution in [2.75, 3.05) is 20.0 Å². The van der Waals surface area contributed by atoms with Crippen LogP contribution in [0.25, 0.3) is 0 Å². The number of hydrogen-bond acceptors (Lipinski definition) is 3. The quantitative estimate of drug-likeness (QED) is 0.750. The van der Waals surface area contributed by atoms with Gasteiger partial charge < -0.3 is 10.5 Å². The van der Waals surface area contributed by atoms with Crippen LogP contribution >= 0.6 is 11.8 Å². The second-order valence-corrected chi connectivity index (χ2v) is 3.72. The van der Waals surface area contributed by atoms with Crippen LogP contribution in [0.5, 0.6) is 0 Å². The minimum absolute atomic E-state index is 0.0166. The highest BCUT2D eigenvalue weighted by molar-refractivity contribution is 7.98. The molecule has 0 unspecified atom stereocenters. The third-order valence-corrected chi connectivity index (χ3v) is 2.59. The Morgan fingerprint density at radius 2 is 2.31 bits per heavy atom. The van der Waals surface area contributed by atoms with Gasteiger partial charge in [0, 0.05) is 12.0 Å². The van der Waals surface area contributed by atoms with Gasteiger partial charge >= 0.3 is 0 Å². The van der Waals surface area contributed by atoms with Gasteiger partial charge in [0.05, 0.1) is 12.6 Å². The van der Waals surface area contributed by atoms with Gasteiger partial charge in [0.25, 0.3) is 0 Å². The Kier molecular flexibility index (Phi) is 4.28. The van der Waals surface area contributed by atoms with Crippen LogP contribution in [0, 0.1) is 0 Å². The summed E-state index contributed by atoms with van der Waals surface area (Å²) in [7, 11) is 1.66. The molecule has 0 fully saturated rings. The fourth-order valence-corrected chi connectivity index (χ4v) is 1.62. The molecule has 3 heteroatoms. The van der Waals surface area contributed by atoms with E-state index in [-0.39, 0.29) is 6.04 Å². The van der Waals surface area contributed by atoms with Crippen molar-refractivity contribution in [3.8, 4) is 0 Å². The first-order valence-electron chi connectivity index (χ1n) is 4.16. The molecule has 0 bridgehead atoms. The number of hydrogen-bond donors (Lipinski definition) is 1. The molecule has 72 valence electrons. The Hall–Kier alpha value is -0.510. The van der Waals surface area contributed by atoms with Crippen LogP contribution < -0.4 is 5.73 Å². The summed E-state index contributed by atoms with van der Waals surface area (Å²) in [6, 6.07) is 8.22. The monoisotopic (exact) mass is 197 g/mol. The second kappa shape index (κ2) is 5.27. The lowest BCUT2D eigenvalue weighted by atomic mass is 10.1. The molecule has 0 aliphatic carbocycles. The summed E-state index contributed by atoms with van der Waals surface area (Å²) in [6.45, 7) is 0.567. The number of rotatable bonds is 4. The maximum atomic E-state index is 5.89. The van der Waals surface area contributed by atoms with Crippen LogP contribution in [0.3, 0.4) is 0 Å². The van der Waals surface area contributed by atoms with E-state index in [4.69, 9.17) is 10.5 Å². The largest absolute Gasteiger partial charge is 0.383 e.